The van der Waals surface area contributed by atoms with E-state index >= 15 is 0 Å². The molecule has 6 heteroatoms. The lowest BCUT2D eigenvalue weighted by Gasteiger charge is -2.46. The standard InChI is InChI=1S/C29H42F3NO2/c30-29(31,32)25-14-12-24(13-15-25)26-17-23(18-28(34)35)11-16-27(26)33(19-21-7-3-1-4-8-21)20-22-9-5-2-6-10-22/h12-15,21-23,26-27H,1-11,16-20H2,(H,34,35)/t23-,26+,27-/m1/s1. The fraction of sp³-hybridized carbons (Fsp3) is 0.759. The molecule has 0 aliphatic heterocycles. The van der Waals surface area contributed by atoms with Gasteiger partial charge in [-0.15, -0.1) is 0 Å². The minimum absolute atomic E-state index is 0.0854. The van der Waals surface area contributed by atoms with Crippen LogP contribution in [0.4, 0.5) is 13.2 Å². The van der Waals surface area contributed by atoms with Crippen LogP contribution < -0.4 is 0 Å². The van der Waals surface area contributed by atoms with Gasteiger partial charge in [-0.25, -0.2) is 0 Å². The van der Waals surface area contributed by atoms with Crippen molar-refractivity contribution in [3.05, 3.63) is 35.4 Å². The fourth-order valence-corrected chi connectivity index (χ4v) is 7.14. The summed E-state index contributed by atoms with van der Waals surface area (Å²) in [6, 6.07) is 6.01. The van der Waals surface area contributed by atoms with Crippen molar-refractivity contribution in [3.63, 3.8) is 0 Å². The number of aliphatic carboxylic acids is 1. The summed E-state index contributed by atoms with van der Waals surface area (Å²) in [5, 5.41) is 9.42. The molecule has 0 aromatic heterocycles. The molecule has 3 atom stereocenters. The summed E-state index contributed by atoms with van der Waals surface area (Å²) in [5.74, 6) is 0.806. The van der Waals surface area contributed by atoms with Gasteiger partial charge < -0.3 is 5.11 Å². The highest BCUT2D eigenvalue weighted by Gasteiger charge is 2.38. The fourth-order valence-electron chi connectivity index (χ4n) is 7.14. The molecule has 35 heavy (non-hydrogen) atoms. The Kier molecular flexibility index (Phi) is 9.18. The minimum Gasteiger partial charge on any atom is -0.481 e. The highest BCUT2D eigenvalue weighted by Crippen LogP contribution is 2.43. The molecule has 3 saturated carbocycles. The van der Waals surface area contributed by atoms with E-state index in [2.05, 4.69) is 4.90 Å². The van der Waals surface area contributed by atoms with Gasteiger partial charge in [-0.1, -0.05) is 50.7 Å². The van der Waals surface area contributed by atoms with Crippen molar-refractivity contribution < 1.29 is 23.1 Å². The second-order valence-corrected chi connectivity index (χ2v) is 11.5. The zero-order valence-electron chi connectivity index (χ0n) is 20.9. The molecule has 0 bridgehead atoms. The van der Waals surface area contributed by atoms with Crippen LogP contribution >= 0.6 is 0 Å². The summed E-state index contributed by atoms with van der Waals surface area (Å²) in [4.78, 5) is 14.2. The average molecular weight is 494 g/mol. The van der Waals surface area contributed by atoms with Gasteiger partial charge in [-0.05, 0) is 86.3 Å². The van der Waals surface area contributed by atoms with Crippen LogP contribution in [0.25, 0.3) is 0 Å². The van der Waals surface area contributed by atoms with Crippen LogP contribution in [0.1, 0.15) is 107 Å². The van der Waals surface area contributed by atoms with Crippen molar-refractivity contribution in [1.82, 2.24) is 4.90 Å². The van der Waals surface area contributed by atoms with Crippen molar-refractivity contribution in [3.8, 4) is 0 Å². The van der Waals surface area contributed by atoms with Crippen LogP contribution in [0.2, 0.25) is 0 Å². The number of nitrogens with zero attached hydrogens (tertiary/aromatic N) is 1. The summed E-state index contributed by atoms with van der Waals surface area (Å²) in [6.45, 7) is 2.17. The molecule has 0 radical (unpaired) electrons. The SMILES string of the molecule is O=C(O)C[C@@H]1CC[C@@H](N(CC2CCCCC2)CC2CCCCC2)[C@H](c2ccc(C(F)(F)F)cc2)C1. The Morgan fingerprint density at radius 2 is 1.34 bits per heavy atom. The average Bonchev–Trinajstić information content (AvgIpc) is 2.84. The number of carbonyl (C=O) groups is 1. The molecule has 0 amide bonds. The van der Waals surface area contributed by atoms with Gasteiger partial charge in [0.05, 0.1) is 5.56 Å². The van der Waals surface area contributed by atoms with Crippen molar-refractivity contribution in [1.29, 1.82) is 0 Å². The number of hydrogen-bond acceptors (Lipinski definition) is 2. The third-order valence-electron chi connectivity index (χ3n) is 8.96. The Morgan fingerprint density at radius 3 is 1.83 bits per heavy atom. The van der Waals surface area contributed by atoms with Gasteiger partial charge in [-0.3, -0.25) is 9.69 Å². The first-order valence-electron chi connectivity index (χ1n) is 13.9. The Hall–Kier alpha value is -1.56. The molecule has 3 nitrogen and oxygen atoms in total. The van der Waals surface area contributed by atoms with E-state index in [-0.39, 0.29) is 24.3 Å². The first-order chi connectivity index (χ1) is 16.8. The second-order valence-electron chi connectivity index (χ2n) is 11.5. The Labute approximate surface area is 208 Å². The van der Waals surface area contributed by atoms with E-state index in [1.165, 1.54) is 76.3 Å². The highest BCUT2D eigenvalue weighted by molar-refractivity contribution is 5.67. The molecule has 0 unspecified atom stereocenters. The van der Waals surface area contributed by atoms with Gasteiger partial charge in [0, 0.05) is 25.6 Å². The van der Waals surface area contributed by atoms with Gasteiger partial charge in [0.25, 0.3) is 0 Å². The number of rotatable bonds is 8. The van der Waals surface area contributed by atoms with E-state index in [0.717, 1.165) is 37.9 Å². The van der Waals surface area contributed by atoms with E-state index in [9.17, 15) is 23.1 Å². The Morgan fingerprint density at radius 1 is 0.800 bits per heavy atom. The lowest BCUT2D eigenvalue weighted by atomic mass is 9.72. The molecule has 0 heterocycles. The molecule has 0 spiro atoms. The van der Waals surface area contributed by atoms with E-state index in [0.29, 0.717) is 11.8 Å². The molecule has 1 N–H and O–H groups in total. The molecule has 3 aliphatic rings. The molecular weight excluding hydrogens is 451 g/mol. The van der Waals surface area contributed by atoms with Gasteiger partial charge in [0.15, 0.2) is 0 Å². The molecule has 196 valence electrons. The Bertz CT molecular complexity index is 777. The lowest BCUT2D eigenvalue weighted by Crippen LogP contribution is -2.47. The molecule has 0 saturated heterocycles. The number of halogens is 3. The first kappa shape index (κ1) is 26.5. The summed E-state index contributed by atoms with van der Waals surface area (Å²) >= 11 is 0. The van der Waals surface area contributed by atoms with Crippen LogP contribution in [0.15, 0.2) is 24.3 Å². The van der Waals surface area contributed by atoms with Crippen molar-refractivity contribution >= 4 is 5.97 Å². The van der Waals surface area contributed by atoms with Crippen LogP contribution in [-0.4, -0.2) is 35.1 Å². The third kappa shape index (κ3) is 7.47. The molecule has 3 aliphatic carbocycles. The lowest BCUT2D eigenvalue weighted by molar-refractivity contribution is -0.139. The van der Waals surface area contributed by atoms with Crippen molar-refractivity contribution in [2.75, 3.05) is 13.1 Å². The van der Waals surface area contributed by atoms with Gasteiger partial charge >= 0.3 is 12.1 Å². The molecular formula is C29H42F3NO2. The number of alkyl halides is 3. The van der Waals surface area contributed by atoms with E-state index in [4.69, 9.17) is 0 Å². The molecule has 4 rings (SSSR count). The topological polar surface area (TPSA) is 40.5 Å². The van der Waals surface area contributed by atoms with Gasteiger partial charge in [-0.2, -0.15) is 13.2 Å². The number of hydrogen-bond donors (Lipinski definition) is 1. The predicted molar refractivity (Wildman–Crippen MR) is 132 cm³/mol. The summed E-state index contributed by atoms with van der Waals surface area (Å²) in [7, 11) is 0. The molecule has 3 fully saturated rings. The maximum absolute atomic E-state index is 13.2. The smallest absolute Gasteiger partial charge is 0.416 e. The van der Waals surface area contributed by atoms with Gasteiger partial charge in [0.2, 0.25) is 0 Å². The van der Waals surface area contributed by atoms with Crippen molar-refractivity contribution in [2.45, 2.75) is 108 Å². The number of carboxylic acid groups (broad SMARTS) is 1. The zero-order chi connectivity index (χ0) is 24.8. The number of benzene rings is 1. The van der Waals surface area contributed by atoms with Crippen LogP contribution in [0.5, 0.6) is 0 Å². The largest absolute Gasteiger partial charge is 0.481 e. The first-order valence-corrected chi connectivity index (χ1v) is 13.9. The summed E-state index contributed by atoms with van der Waals surface area (Å²) < 4.78 is 39.7. The van der Waals surface area contributed by atoms with Gasteiger partial charge in [0.1, 0.15) is 0 Å². The monoisotopic (exact) mass is 493 g/mol. The summed E-state index contributed by atoms with van der Waals surface area (Å²) in [6.07, 6.45) is 11.3. The quantitative estimate of drug-likeness (QED) is 0.400. The van der Waals surface area contributed by atoms with Crippen LogP contribution in [0, 0.1) is 17.8 Å². The van der Waals surface area contributed by atoms with Crippen molar-refractivity contribution in [2.24, 2.45) is 17.8 Å². The maximum Gasteiger partial charge on any atom is 0.416 e. The normalized spacial score (nSPS) is 27.3. The highest BCUT2D eigenvalue weighted by atomic mass is 19.4. The zero-order valence-corrected chi connectivity index (χ0v) is 20.9. The number of carboxylic acids is 1. The van der Waals surface area contributed by atoms with Crippen LogP contribution in [0.3, 0.4) is 0 Å². The summed E-state index contributed by atoms with van der Waals surface area (Å²) in [5.41, 5.74) is 0.326. The van der Waals surface area contributed by atoms with E-state index in [1.54, 1.807) is 12.1 Å². The van der Waals surface area contributed by atoms with E-state index in [1.807, 2.05) is 0 Å². The third-order valence-corrected chi connectivity index (χ3v) is 8.96. The minimum atomic E-state index is -4.34. The second kappa shape index (κ2) is 12.1. The maximum atomic E-state index is 13.2. The van der Waals surface area contributed by atoms with Crippen LogP contribution in [-0.2, 0) is 11.0 Å². The Balaban J connectivity index is 1.58. The predicted octanol–water partition coefficient (Wildman–Crippen LogP) is 7.90. The van der Waals surface area contributed by atoms with E-state index < -0.39 is 17.7 Å². The molecule has 1 aromatic carbocycles. The molecule has 1 aromatic rings.